The van der Waals surface area contributed by atoms with Crippen LogP contribution in [0.3, 0.4) is 0 Å². The van der Waals surface area contributed by atoms with Crippen LogP contribution in [0.5, 0.6) is 0 Å². The monoisotopic (exact) mass is 368 g/mol. The van der Waals surface area contributed by atoms with Crippen LogP contribution in [0.2, 0.25) is 0 Å². The summed E-state index contributed by atoms with van der Waals surface area (Å²) in [6.45, 7) is 1.38. The van der Waals surface area contributed by atoms with Crippen molar-refractivity contribution in [1.82, 2.24) is 0 Å². The summed E-state index contributed by atoms with van der Waals surface area (Å²) in [6, 6.07) is 30.8. The summed E-state index contributed by atoms with van der Waals surface area (Å²) in [4.78, 5) is 0. The van der Waals surface area contributed by atoms with Crippen molar-refractivity contribution in [2.45, 2.75) is 0 Å². The van der Waals surface area contributed by atoms with E-state index in [0.29, 0.717) is 13.2 Å². The first-order chi connectivity index (χ1) is 13.8. The molecule has 0 aromatic heterocycles. The zero-order valence-corrected chi connectivity index (χ0v) is 16.3. The molecule has 0 saturated heterocycles. The fourth-order valence-electron chi connectivity index (χ4n) is 3.68. The summed E-state index contributed by atoms with van der Waals surface area (Å²) in [6.07, 6.45) is 0. The van der Waals surface area contributed by atoms with Crippen molar-refractivity contribution in [1.29, 1.82) is 0 Å². The molecule has 0 bridgehead atoms. The van der Waals surface area contributed by atoms with Crippen molar-refractivity contribution in [3.05, 3.63) is 84.9 Å². The van der Waals surface area contributed by atoms with Crippen LogP contribution in [0, 0.1) is 0 Å². The van der Waals surface area contributed by atoms with Gasteiger partial charge in [0, 0.05) is 14.2 Å². The maximum Gasteiger partial charge on any atom is 0.0696 e. The third-order valence-electron chi connectivity index (χ3n) is 5.10. The van der Waals surface area contributed by atoms with Crippen molar-refractivity contribution < 1.29 is 9.47 Å². The van der Waals surface area contributed by atoms with E-state index in [2.05, 4.69) is 94.4 Å². The van der Waals surface area contributed by atoms with E-state index >= 15 is 0 Å². The van der Waals surface area contributed by atoms with Gasteiger partial charge in [-0.15, -0.1) is 0 Å². The Balaban J connectivity index is 0.000000283. The summed E-state index contributed by atoms with van der Waals surface area (Å²) in [7, 11) is 3.30. The van der Waals surface area contributed by atoms with Crippen LogP contribution >= 0.6 is 0 Å². The third kappa shape index (κ3) is 3.57. The average Bonchev–Trinajstić information content (AvgIpc) is 2.76. The summed E-state index contributed by atoms with van der Waals surface area (Å²) in [5.74, 6) is 0. The molecule has 2 heteroatoms. The SMILES string of the molecule is COCCOC.c1ccc2c(c1)ccc1cc3c(ccc4ccccc43)cc12. The van der Waals surface area contributed by atoms with Crippen LogP contribution in [-0.4, -0.2) is 27.4 Å². The van der Waals surface area contributed by atoms with Crippen molar-refractivity contribution in [3.63, 3.8) is 0 Å². The van der Waals surface area contributed by atoms with Crippen LogP contribution in [-0.2, 0) is 9.47 Å². The van der Waals surface area contributed by atoms with E-state index in [1.807, 2.05) is 0 Å². The van der Waals surface area contributed by atoms with E-state index in [1.54, 1.807) is 14.2 Å². The second-order valence-electron chi connectivity index (χ2n) is 6.85. The second-order valence-corrected chi connectivity index (χ2v) is 6.85. The lowest BCUT2D eigenvalue weighted by molar-refractivity contribution is 0.103. The van der Waals surface area contributed by atoms with E-state index in [4.69, 9.17) is 0 Å². The van der Waals surface area contributed by atoms with Gasteiger partial charge in [0.25, 0.3) is 0 Å². The van der Waals surface area contributed by atoms with Crippen LogP contribution < -0.4 is 0 Å². The Morgan fingerprint density at radius 1 is 0.464 bits per heavy atom. The normalized spacial score (nSPS) is 11.1. The molecular formula is C26H24O2. The van der Waals surface area contributed by atoms with Gasteiger partial charge in [-0.2, -0.15) is 0 Å². The lowest BCUT2D eigenvalue weighted by atomic mass is 9.95. The minimum Gasteiger partial charge on any atom is -0.382 e. The zero-order chi connectivity index (χ0) is 19.3. The minimum atomic E-state index is 0.691. The molecule has 0 heterocycles. The summed E-state index contributed by atoms with van der Waals surface area (Å²) >= 11 is 0. The molecule has 0 atom stereocenters. The average molecular weight is 368 g/mol. The van der Waals surface area contributed by atoms with Crippen LogP contribution in [0.1, 0.15) is 0 Å². The molecule has 0 N–H and O–H groups in total. The quantitative estimate of drug-likeness (QED) is 0.203. The number of ether oxygens (including phenoxy) is 2. The lowest BCUT2D eigenvalue weighted by Gasteiger charge is -2.08. The van der Waals surface area contributed by atoms with Gasteiger partial charge in [0.1, 0.15) is 0 Å². The van der Waals surface area contributed by atoms with Gasteiger partial charge >= 0.3 is 0 Å². The van der Waals surface area contributed by atoms with Gasteiger partial charge in [0.15, 0.2) is 0 Å². The van der Waals surface area contributed by atoms with Crippen LogP contribution in [0.25, 0.3) is 43.1 Å². The number of methoxy groups -OCH3 is 2. The maximum absolute atomic E-state index is 4.66. The van der Waals surface area contributed by atoms with Crippen LogP contribution in [0.4, 0.5) is 0 Å². The van der Waals surface area contributed by atoms with Crippen molar-refractivity contribution in [2.24, 2.45) is 0 Å². The molecule has 5 aromatic carbocycles. The van der Waals surface area contributed by atoms with E-state index < -0.39 is 0 Å². The number of hydrogen-bond donors (Lipinski definition) is 0. The van der Waals surface area contributed by atoms with Crippen molar-refractivity contribution >= 4 is 43.1 Å². The molecule has 0 aliphatic carbocycles. The fraction of sp³-hybridized carbons (Fsp3) is 0.154. The summed E-state index contributed by atoms with van der Waals surface area (Å²) < 4.78 is 9.31. The molecule has 0 amide bonds. The first-order valence-corrected chi connectivity index (χ1v) is 9.52. The summed E-state index contributed by atoms with van der Waals surface area (Å²) in [5, 5.41) is 10.5. The molecule has 0 fully saturated rings. The molecule has 0 saturated carbocycles. The van der Waals surface area contributed by atoms with Gasteiger partial charge in [-0.1, -0.05) is 72.8 Å². The van der Waals surface area contributed by atoms with E-state index in [-0.39, 0.29) is 0 Å². The summed E-state index contributed by atoms with van der Waals surface area (Å²) in [5.41, 5.74) is 0. The predicted molar refractivity (Wildman–Crippen MR) is 120 cm³/mol. The van der Waals surface area contributed by atoms with Crippen LogP contribution in [0.15, 0.2) is 84.9 Å². The molecule has 0 aliphatic heterocycles. The van der Waals surface area contributed by atoms with Gasteiger partial charge in [-0.3, -0.25) is 0 Å². The number of rotatable bonds is 3. The minimum absolute atomic E-state index is 0.691. The molecular weight excluding hydrogens is 344 g/mol. The second kappa shape index (κ2) is 8.39. The third-order valence-corrected chi connectivity index (χ3v) is 5.10. The molecule has 0 aliphatic rings. The lowest BCUT2D eigenvalue weighted by Crippen LogP contribution is -1.96. The molecule has 0 radical (unpaired) electrons. The van der Waals surface area contributed by atoms with Gasteiger partial charge in [0.05, 0.1) is 13.2 Å². The molecule has 0 spiro atoms. The first kappa shape index (κ1) is 18.4. The smallest absolute Gasteiger partial charge is 0.0696 e. The first-order valence-electron chi connectivity index (χ1n) is 9.52. The Bertz CT molecular complexity index is 1140. The number of benzene rings is 5. The number of fused-ring (bicyclic) bond motifs is 6. The van der Waals surface area contributed by atoms with E-state index in [1.165, 1.54) is 43.1 Å². The molecule has 28 heavy (non-hydrogen) atoms. The topological polar surface area (TPSA) is 18.5 Å². The molecule has 5 aromatic rings. The largest absolute Gasteiger partial charge is 0.382 e. The highest BCUT2D eigenvalue weighted by atomic mass is 16.5. The highest BCUT2D eigenvalue weighted by molar-refractivity contribution is 6.17. The van der Waals surface area contributed by atoms with Gasteiger partial charge in [-0.25, -0.2) is 0 Å². The molecule has 5 rings (SSSR count). The van der Waals surface area contributed by atoms with E-state index in [0.717, 1.165) is 0 Å². The Morgan fingerprint density at radius 3 is 1.29 bits per heavy atom. The predicted octanol–water partition coefficient (Wildman–Crippen LogP) is 6.58. The highest BCUT2D eigenvalue weighted by Gasteiger charge is 2.05. The van der Waals surface area contributed by atoms with Gasteiger partial charge in [-0.05, 0) is 55.2 Å². The Labute approximate surface area is 165 Å². The van der Waals surface area contributed by atoms with Gasteiger partial charge in [0.2, 0.25) is 0 Å². The van der Waals surface area contributed by atoms with E-state index in [9.17, 15) is 0 Å². The van der Waals surface area contributed by atoms with Crippen molar-refractivity contribution in [3.8, 4) is 0 Å². The highest BCUT2D eigenvalue weighted by Crippen LogP contribution is 2.32. The zero-order valence-electron chi connectivity index (χ0n) is 16.3. The maximum atomic E-state index is 4.66. The molecule has 0 unspecified atom stereocenters. The molecule has 140 valence electrons. The number of hydrogen-bond acceptors (Lipinski definition) is 2. The van der Waals surface area contributed by atoms with Gasteiger partial charge < -0.3 is 9.47 Å². The Hall–Kier alpha value is -2.94. The van der Waals surface area contributed by atoms with Crippen molar-refractivity contribution in [2.75, 3.05) is 27.4 Å². The fourth-order valence-corrected chi connectivity index (χ4v) is 3.68. The Morgan fingerprint density at radius 2 is 0.857 bits per heavy atom. The molecule has 2 nitrogen and oxygen atoms in total. The Kier molecular flexibility index (Phi) is 5.52. The standard InChI is InChI=1S/C22H14.C4H10O2/c1-3-7-19-15(5-1)9-11-17-14-22-18(13-21(17)19)12-10-16-6-2-4-8-20(16)22;1-5-3-4-6-2/h1-14H;3-4H2,1-2H3.